The van der Waals surface area contributed by atoms with E-state index in [9.17, 15) is 4.79 Å². The lowest BCUT2D eigenvalue weighted by molar-refractivity contribution is 0.0520. The van der Waals surface area contributed by atoms with E-state index >= 15 is 0 Å². The molecule has 1 aliphatic heterocycles. The summed E-state index contributed by atoms with van der Waals surface area (Å²) < 4.78 is 12.4. The number of ether oxygens (including phenoxy) is 1. The first-order chi connectivity index (χ1) is 12.3. The van der Waals surface area contributed by atoms with Crippen molar-refractivity contribution in [3.8, 4) is 11.5 Å². The highest BCUT2D eigenvalue weighted by atomic mass is 16.5. The zero-order valence-electron chi connectivity index (χ0n) is 13.9. The monoisotopic (exact) mass is 341 g/mol. The molecule has 1 N–H and O–H groups in total. The van der Waals surface area contributed by atoms with Crippen molar-refractivity contribution in [1.82, 2.24) is 19.7 Å². The van der Waals surface area contributed by atoms with E-state index in [2.05, 4.69) is 20.2 Å². The van der Waals surface area contributed by atoms with Crippen molar-refractivity contribution in [1.29, 1.82) is 0 Å². The zero-order valence-corrected chi connectivity index (χ0v) is 13.9. The van der Waals surface area contributed by atoms with Crippen LogP contribution in [-0.4, -0.2) is 53.1 Å². The molecule has 0 radical (unpaired) electrons. The average molecular weight is 341 g/mol. The number of nitrogens with zero attached hydrogens (tertiary/aromatic N) is 4. The van der Waals surface area contributed by atoms with Crippen LogP contribution in [0.2, 0.25) is 0 Å². The lowest BCUT2D eigenvalue weighted by Crippen LogP contribution is -2.44. The Labute approximate surface area is 144 Å². The third-order valence-corrected chi connectivity index (χ3v) is 4.15. The minimum absolute atomic E-state index is 0.263. The highest BCUT2D eigenvalue weighted by Crippen LogP contribution is 2.27. The number of furan rings is 1. The Morgan fingerprint density at radius 2 is 2.24 bits per heavy atom. The molecule has 8 nitrogen and oxygen atoms in total. The van der Waals surface area contributed by atoms with Crippen LogP contribution in [0.15, 0.2) is 35.2 Å². The molecular formula is C17H19N5O3. The molecule has 4 heterocycles. The Hall–Kier alpha value is -2.87. The van der Waals surface area contributed by atoms with Gasteiger partial charge in [0.1, 0.15) is 5.69 Å². The standard InChI is InChI=1S/C17H19N5O3/c1-2-24-17(23)12-11-22-13(14-4-3-9-25-14)10-19-15(16(22)20-12)21-7-5-18-6-8-21/h3-4,9-11,18H,2,5-8H2,1H3. The molecule has 0 atom stereocenters. The van der Waals surface area contributed by atoms with Crippen LogP contribution < -0.4 is 10.2 Å². The lowest BCUT2D eigenvalue weighted by atomic mass is 10.3. The Bertz CT molecular complexity index is 881. The third kappa shape index (κ3) is 2.85. The number of anilines is 1. The molecule has 0 unspecified atom stereocenters. The minimum atomic E-state index is -0.442. The average Bonchev–Trinajstić information content (AvgIpc) is 3.32. The SMILES string of the molecule is CCOC(=O)c1cn2c(-c3ccco3)cnc(N3CCNCC3)c2n1. The first-order valence-corrected chi connectivity index (χ1v) is 8.32. The molecule has 0 aliphatic carbocycles. The van der Waals surface area contributed by atoms with Gasteiger partial charge in [0.25, 0.3) is 0 Å². The summed E-state index contributed by atoms with van der Waals surface area (Å²) in [5, 5.41) is 3.32. The molecule has 1 saturated heterocycles. The second kappa shape index (κ2) is 6.56. The van der Waals surface area contributed by atoms with Crippen molar-refractivity contribution in [3.05, 3.63) is 36.5 Å². The molecule has 8 heteroatoms. The predicted molar refractivity (Wildman–Crippen MR) is 91.7 cm³/mol. The van der Waals surface area contributed by atoms with E-state index in [4.69, 9.17) is 9.15 Å². The summed E-state index contributed by atoms with van der Waals surface area (Å²) in [5.41, 5.74) is 1.62. The number of rotatable bonds is 4. The quantitative estimate of drug-likeness (QED) is 0.721. The van der Waals surface area contributed by atoms with Crippen molar-refractivity contribution in [2.24, 2.45) is 0 Å². The van der Waals surface area contributed by atoms with E-state index in [0.29, 0.717) is 18.0 Å². The Kier molecular flexibility index (Phi) is 4.10. The van der Waals surface area contributed by atoms with E-state index in [-0.39, 0.29) is 5.69 Å². The second-order valence-corrected chi connectivity index (χ2v) is 5.72. The van der Waals surface area contributed by atoms with E-state index in [1.165, 1.54) is 0 Å². The van der Waals surface area contributed by atoms with E-state index < -0.39 is 5.97 Å². The molecule has 4 rings (SSSR count). The number of piperazine rings is 1. The van der Waals surface area contributed by atoms with Gasteiger partial charge in [-0.3, -0.25) is 4.40 Å². The van der Waals surface area contributed by atoms with Crippen molar-refractivity contribution in [3.63, 3.8) is 0 Å². The molecule has 25 heavy (non-hydrogen) atoms. The van der Waals surface area contributed by atoms with Gasteiger partial charge in [0.2, 0.25) is 0 Å². The number of carbonyl (C=O) groups is 1. The van der Waals surface area contributed by atoms with Gasteiger partial charge < -0.3 is 19.4 Å². The number of esters is 1. The molecule has 0 saturated carbocycles. The molecule has 3 aromatic heterocycles. The summed E-state index contributed by atoms with van der Waals surface area (Å²) in [6, 6.07) is 3.67. The second-order valence-electron chi connectivity index (χ2n) is 5.72. The number of carbonyl (C=O) groups excluding carboxylic acids is 1. The molecular weight excluding hydrogens is 322 g/mol. The highest BCUT2D eigenvalue weighted by molar-refractivity contribution is 5.89. The van der Waals surface area contributed by atoms with Crippen LogP contribution in [-0.2, 0) is 4.74 Å². The summed E-state index contributed by atoms with van der Waals surface area (Å²) in [6.45, 7) is 5.53. The summed E-state index contributed by atoms with van der Waals surface area (Å²) in [7, 11) is 0. The molecule has 0 bridgehead atoms. The lowest BCUT2D eigenvalue weighted by Gasteiger charge is -2.28. The number of aromatic nitrogens is 3. The zero-order chi connectivity index (χ0) is 17.2. The van der Waals surface area contributed by atoms with Gasteiger partial charge in [-0.1, -0.05) is 0 Å². The fourth-order valence-electron chi connectivity index (χ4n) is 2.97. The topological polar surface area (TPSA) is 84.9 Å². The van der Waals surface area contributed by atoms with Gasteiger partial charge in [-0.25, -0.2) is 14.8 Å². The maximum absolute atomic E-state index is 12.1. The van der Waals surface area contributed by atoms with Crippen LogP contribution in [0.1, 0.15) is 17.4 Å². The Morgan fingerprint density at radius 1 is 1.40 bits per heavy atom. The number of hydrogen-bond donors (Lipinski definition) is 1. The van der Waals surface area contributed by atoms with E-state index in [0.717, 1.165) is 37.7 Å². The summed E-state index contributed by atoms with van der Waals surface area (Å²) in [5.74, 6) is 0.979. The predicted octanol–water partition coefficient (Wildman–Crippen LogP) is 1.58. The first-order valence-electron chi connectivity index (χ1n) is 8.32. The van der Waals surface area contributed by atoms with Gasteiger partial charge in [0.05, 0.1) is 19.1 Å². The molecule has 1 aliphatic rings. The molecule has 3 aromatic rings. The molecule has 130 valence electrons. The van der Waals surface area contributed by atoms with Gasteiger partial charge >= 0.3 is 5.97 Å². The number of nitrogens with one attached hydrogen (secondary N) is 1. The Morgan fingerprint density at radius 3 is 2.96 bits per heavy atom. The first kappa shape index (κ1) is 15.6. The number of fused-ring (bicyclic) bond motifs is 1. The normalized spacial score (nSPS) is 14.8. The van der Waals surface area contributed by atoms with Gasteiger partial charge in [0.15, 0.2) is 22.9 Å². The van der Waals surface area contributed by atoms with Crippen LogP contribution in [0.4, 0.5) is 5.82 Å². The maximum atomic E-state index is 12.1. The summed E-state index contributed by atoms with van der Waals surface area (Å²) in [4.78, 5) is 23.4. The fourth-order valence-corrected chi connectivity index (χ4v) is 2.97. The van der Waals surface area contributed by atoms with E-state index in [1.807, 2.05) is 16.5 Å². The molecule has 0 amide bonds. The largest absolute Gasteiger partial charge is 0.463 e. The van der Waals surface area contributed by atoms with Crippen LogP contribution in [0, 0.1) is 0 Å². The van der Waals surface area contributed by atoms with Gasteiger partial charge in [-0.2, -0.15) is 0 Å². The van der Waals surface area contributed by atoms with Crippen molar-refractivity contribution in [2.45, 2.75) is 6.92 Å². The smallest absolute Gasteiger partial charge is 0.358 e. The molecule has 0 aromatic carbocycles. The van der Waals surface area contributed by atoms with Gasteiger partial charge in [-0.05, 0) is 19.1 Å². The van der Waals surface area contributed by atoms with Crippen molar-refractivity contribution < 1.29 is 13.9 Å². The minimum Gasteiger partial charge on any atom is -0.463 e. The molecule has 1 fully saturated rings. The number of imidazole rings is 1. The van der Waals surface area contributed by atoms with Crippen molar-refractivity contribution in [2.75, 3.05) is 37.7 Å². The van der Waals surface area contributed by atoms with Crippen molar-refractivity contribution >= 4 is 17.4 Å². The van der Waals surface area contributed by atoms with Crippen LogP contribution in [0.3, 0.4) is 0 Å². The summed E-state index contributed by atoms with van der Waals surface area (Å²) >= 11 is 0. The third-order valence-electron chi connectivity index (χ3n) is 4.15. The van der Waals surface area contributed by atoms with Crippen LogP contribution in [0.5, 0.6) is 0 Å². The van der Waals surface area contributed by atoms with Gasteiger partial charge in [-0.15, -0.1) is 0 Å². The maximum Gasteiger partial charge on any atom is 0.358 e. The molecule has 0 spiro atoms. The van der Waals surface area contributed by atoms with Gasteiger partial charge in [0, 0.05) is 32.4 Å². The van der Waals surface area contributed by atoms with Crippen LogP contribution >= 0.6 is 0 Å². The van der Waals surface area contributed by atoms with E-state index in [1.54, 1.807) is 25.6 Å². The number of hydrogen-bond acceptors (Lipinski definition) is 7. The fraction of sp³-hybridized carbons (Fsp3) is 0.353. The highest BCUT2D eigenvalue weighted by Gasteiger charge is 2.22. The van der Waals surface area contributed by atoms with Crippen LogP contribution in [0.25, 0.3) is 17.1 Å². The Balaban J connectivity index is 1.86. The summed E-state index contributed by atoms with van der Waals surface area (Å²) in [6.07, 6.45) is 5.03.